The lowest BCUT2D eigenvalue weighted by molar-refractivity contribution is -0.139. The molecule has 4 amide bonds. The van der Waals surface area contributed by atoms with Gasteiger partial charge in [-0.25, -0.2) is 4.79 Å². The zero-order valence-electron chi connectivity index (χ0n) is 18.7. The van der Waals surface area contributed by atoms with Crippen LogP contribution in [0.15, 0.2) is 35.5 Å². The van der Waals surface area contributed by atoms with Crippen molar-refractivity contribution in [3.05, 3.63) is 46.7 Å². The fraction of sp³-hybridized carbons (Fsp3) is 0.522. The Morgan fingerprint density at radius 1 is 1.21 bits per heavy atom. The van der Waals surface area contributed by atoms with E-state index in [4.69, 9.17) is 0 Å². The predicted octanol–water partition coefficient (Wildman–Crippen LogP) is 3.19. The number of nitrogens with zero attached hydrogens (tertiary/aromatic N) is 2. The summed E-state index contributed by atoms with van der Waals surface area (Å²) >= 11 is 0. The molecule has 0 spiro atoms. The van der Waals surface area contributed by atoms with Gasteiger partial charge in [-0.05, 0) is 37.3 Å². The van der Waals surface area contributed by atoms with Crippen LogP contribution in [0.4, 0.5) is 18.0 Å². The first-order valence-corrected chi connectivity index (χ1v) is 11.1. The number of rotatable bonds is 6. The molecule has 0 aromatic heterocycles. The zero-order chi connectivity index (χ0) is 24.1. The normalized spacial score (nSPS) is 22.0. The molecule has 2 heterocycles. The van der Waals surface area contributed by atoms with Crippen LogP contribution in [-0.4, -0.2) is 52.8 Å². The van der Waals surface area contributed by atoms with E-state index in [1.54, 1.807) is 6.92 Å². The fourth-order valence-corrected chi connectivity index (χ4v) is 4.63. The highest BCUT2D eigenvalue weighted by Gasteiger charge is 2.49. The molecule has 1 saturated carbocycles. The van der Waals surface area contributed by atoms with Crippen molar-refractivity contribution in [3.8, 4) is 0 Å². The third-order valence-corrected chi connectivity index (χ3v) is 6.30. The zero-order valence-corrected chi connectivity index (χ0v) is 18.7. The number of alkyl halides is 3. The summed E-state index contributed by atoms with van der Waals surface area (Å²) in [6.07, 6.45) is -2.88. The predicted molar refractivity (Wildman–Crippen MR) is 114 cm³/mol. The maximum atomic E-state index is 13.7. The molecule has 7 nitrogen and oxygen atoms in total. The number of urea groups is 1. The van der Waals surface area contributed by atoms with Crippen LogP contribution in [0, 0.1) is 5.92 Å². The Bertz CT molecular complexity index is 1020. The summed E-state index contributed by atoms with van der Waals surface area (Å²) in [4.78, 5) is 42.1. The number of carbonyl (C=O) groups is 3. The Balaban J connectivity index is 1.76. The molecule has 2 N–H and O–H groups in total. The SMILES string of the molecule is CCN1C(=O)N[C@@H](c2ccccc2C(F)(F)F)C2=C1CN([C@@H](C(=O)NC1CC1)C(C)C)C2=O. The summed E-state index contributed by atoms with van der Waals surface area (Å²) in [5.74, 6) is -1.04. The molecule has 10 heteroatoms. The molecule has 4 rings (SSSR count). The Morgan fingerprint density at radius 2 is 1.88 bits per heavy atom. The van der Waals surface area contributed by atoms with E-state index in [9.17, 15) is 27.6 Å². The van der Waals surface area contributed by atoms with Gasteiger partial charge in [0.15, 0.2) is 0 Å². The molecule has 1 aromatic carbocycles. The number of carbonyl (C=O) groups excluding carboxylic acids is 3. The second kappa shape index (κ2) is 8.39. The molecule has 33 heavy (non-hydrogen) atoms. The van der Waals surface area contributed by atoms with Gasteiger partial charge < -0.3 is 15.5 Å². The van der Waals surface area contributed by atoms with Gasteiger partial charge in [-0.1, -0.05) is 32.0 Å². The van der Waals surface area contributed by atoms with Crippen molar-refractivity contribution in [2.75, 3.05) is 13.1 Å². The van der Waals surface area contributed by atoms with Gasteiger partial charge in [-0.2, -0.15) is 13.2 Å². The van der Waals surface area contributed by atoms with Crippen LogP contribution in [0.1, 0.15) is 50.8 Å². The second-order valence-electron chi connectivity index (χ2n) is 8.98. The third kappa shape index (κ3) is 4.18. The first-order chi connectivity index (χ1) is 15.5. The standard InChI is InChI=1S/C23H27F3N4O3/c1-4-29-16-11-30(19(12(2)3)20(31)27-13-9-10-13)21(32)17(16)18(28-22(29)33)14-7-5-6-8-15(14)23(24,25)26/h5-8,12-13,18-19H,4,9-11H2,1-3H3,(H,27,31)(H,28,33)/t18-,19+/m0/s1. The van der Waals surface area contributed by atoms with Crippen LogP contribution >= 0.6 is 0 Å². The quantitative estimate of drug-likeness (QED) is 0.679. The second-order valence-corrected chi connectivity index (χ2v) is 8.98. The molecular weight excluding hydrogens is 437 g/mol. The molecule has 2 atom stereocenters. The van der Waals surface area contributed by atoms with Gasteiger partial charge in [-0.15, -0.1) is 0 Å². The van der Waals surface area contributed by atoms with E-state index >= 15 is 0 Å². The van der Waals surface area contributed by atoms with Crippen molar-refractivity contribution < 1.29 is 27.6 Å². The van der Waals surface area contributed by atoms with Crippen molar-refractivity contribution >= 4 is 17.8 Å². The first-order valence-electron chi connectivity index (χ1n) is 11.1. The van der Waals surface area contributed by atoms with E-state index in [1.165, 1.54) is 28.0 Å². The van der Waals surface area contributed by atoms with Crippen molar-refractivity contribution in [2.24, 2.45) is 5.92 Å². The molecule has 178 valence electrons. The highest BCUT2D eigenvalue weighted by Crippen LogP contribution is 2.42. The summed E-state index contributed by atoms with van der Waals surface area (Å²) < 4.78 is 41.2. The molecule has 1 fully saturated rings. The number of hydrogen-bond acceptors (Lipinski definition) is 3. The maximum Gasteiger partial charge on any atom is 0.416 e. The maximum absolute atomic E-state index is 13.7. The number of halogens is 3. The molecule has 1 aliphatic carbocycles. The van der Waals surface area contributed by atoms with Gasteiger partial charge in [-0.3, -0.25) is 14.5 Å². The lowest BCUT2D eigenvalue weighted by Gasteiger charge is -2.33. The highest BCUT2D eigenvalue weighted by molar-refractivity contribution is 6.03. The number of nitrogens with one attached hydrogen (secondary N) is 2. The highest BCUT2D eigenvalue weighted by atomic mass is 19.4. The smallest absolute Gasteiger partial charge is 0.352 e. The van der Waals surface area contributed by atoms with Gasteiger partial charge in [0.1, 0.15) is 6.04 Å². The van der Waals surface area contributed by atoms with Crippen LogP contribution < -0.4 is 10.6 Å². The third-order valence-electron chi connectivity index (χ3n) is 6.30. The number of benzene rings is 1. The first kappa shape index (κ1) is 23.1. The minimum atomic E-state index is -4.66. The van der Waals surface area contributed by atoms with Gasteiger partial charge in [0, 0.05) is 12.6 Å². The molecule has 0 bridgehead atoms. The molecule has 0 radical (unpaired) electrons. The van der Waals surface area contributed by atoms with Crippen molar-refractivity contribution in [3.63, 3.8) is 0 Å². The Labute approximate surface area is 190 Å². The molecule has 0 unspecified atom stereocenters. The van der Waals surface area contributed by atoms with Crippen LogP contribution in [0.3, 0.4) is 0 Å². The molecule has 2 aliphatic heterocycles. The van der Waals surface area contributed by atoms with Gasteiger partial charge in [0.25, 0.3) is 5.91 Å². The lowest BCUT2D eigenvalue weighted by atomic mass is 9.91. The Morgan fingerprint density at radius 3 is 2.45 bits per heavy atom. The largest absolute Gasteiger partial charge is 0.416 e. The summed E-state index contributed by atoms with van der Waals surface area (Å²) in [7, 11) is 0. The molecule has 3 aliphatic rings. The van der Waals surface area contributed by atoms with Crippen molar-refractivity contribution in [2.45, 2.75) is 57.9 Å². The Hall–Kier alpha value is -3.04. The number of likely N-dealkylation sites (N-methyl/N-ethyl adjacent to an activating group) is 1. The lowest BCUT2D eigenvalue weighted by Crippen LogP contribution is -2.51. The topological polar surface area (TPSA) is 81.8 Å². The van der Waals surface area contributed by atoms with Crippen LogP contribution in [0.5, 0.6) is 0 Å². The summed E-state index contributed by atoms with van der Waals surface area (Å²) in [5.41, 5.74) is -0.679. The van der Waals surface area contributed by atoms with E-state index in [0.717, 1.165) is 18.9 Å². The fourth-order valence-electron chi connectivity index (χ4n) is 4.63. The van der Waals surface area contributed by atoms with Gasteiger partial charge in [0.2, 0.25) is 5.91 Å². The minimum Gasteiger partial charge on any atom is -0.352 e. The van der Waals surface area contributed by atoms with Gasteiger partial charge in [0.05, 0.1) is 29.4 Å². The molecular formula is C23H27F3N4O3. The monoisotopic (exact) mass is 464 g/mol. The van der Waals surface area contributed by atoms with Crippen molar-refractivity contribution in [1.29, 1.82) is 0 Å². The van der Waals surface area contributed by atoms with Crippen LogP contribution in [0.25, 0.3) is 0 Å². The average molecular weight is 464 g/mol. The van der Waals surface area contributed by atoms with Crippen LogP contribution in [-0.2, 0) is 15.8 Å². The van der Waals surface area contributed by atoms with E-state index in [-0.39, 0.29) is 42.1 Å². The summed E-state index contributed by atoms with van der Waals surface area (Å²) in [5, 5.41) is 5.51. The van der Waals surface area contributed by atoms with E-state index in [1.807, 2.05) is 13.8 Å². The summed E-state index contributed by atoms with van der Waals surface area (Å²) in [6.45, 7) is 5.58. The van der Waals surface area contributed by atoms with E-state index in [2.05, 4.69) is 10.6 Å². The van der Waals surface area contributed by atoms with Crippen LogP contribution in [0.2, 0.25) is 0 Å². The number of amides is 4. The molecule has 1 aromatic rings. The van der Waals surface area contributed by atoms with Gasteiger partial charge >= 0.3 is 12.2 Å². The summed E-state index contributed by atoms with van der Waals surface area (Å²) in [6, 6.07) is 2.39. The van der Waals surface area contributed by atoms with Crippen molar-refractivity contribution in [1.82, 2.24) is 20.4 Å². The molecule has 0 saturated heterocycles. The van der Waals surface area contributed by atoms with E-state index < -0.39 is 35.8 Å². The minimum absolute atomic E-state index is 0.0129. The Kier molecular flexibility index (Phi) is 5.88. The average Bonchev–Trinajstić information content (AvgIpc) is 3.49. The number of hydrogen-bond donors (Lipinski definition) is 2. The van der Waals surface area contributed by atoms with E-state index in [0.29, 0.717) is 5.70 Å².